The van der Waals surface area contributed by atoms with Gasteiger partial charge in [-0.2, -0.15) is 0 Å². The molecule has 1 rings (SSSR count). The Bertz CT molecular complexity index is 164. The van der Waals surface area contributed by atoms with Gasteiger partial charge in [0.25, 0.3) is 0 Å². The predicted molar refractivity (Wildman–Crippen MR) is 67.2 cm³/mol. The fourth-order valence-electron chi connectivity index (χ4n) is 2.64. The normalized spacial score (nSPS) is 22.2. The van der Waals surface area contributed by atoms with Crippen molar-refractivity contribution in [2.75, 3.05) is 20.1 Å². The van der Waals surface area contributed by atoms with E-state index in [0.717, 1.165) is 12.5 Å². The summed E-state index contributed by atoms with van der Waals surface area (Å²) < 4.78 is 0. The van der Waals surface area contributed by atoms with Crippen LogP contribution in [0.5, 0.6) is 0 Å². The van der Waals surface area contributed by atoms with Gasteiger partial charge in [-0.25, -0.2) is 0 Å². The number of nitrogens with one attached hydrogen (secondary N) is 1. The van der Waals surface area contributed by atoms with Crippen molar-refractivity contribution in [2.45, 2.75) is 58.5 Å². The summed E-state index contributed by atoms with van der Waals surface area (Å²) in [4.78, 5) is 2.53. The van der Waals surface area contributed by atoms with E-state index in [1.807, 2.05) is 0 Å². The minimum Gasteiger partial charge on any atom is -0.313 e. The summed E-state index contributed by atoms with van der Waals surface area (Å²) in [5.41, 5.74) is 0. The van der Waals surface area contributed by atoms with E-state index in [9.17, 15) is 0 Å². The lowest BCUT2D eigenvalue weighted by atomic mass is 10.1. The average molecular weight is 212 g/mol. The van der Waals surface area contributed by atoms with Gasteiger partial charge < -0.3 is 10.2 Å². The highest BCUT2D eigenvalue weighted by atomic mass is 15.2. The van der Waals surface area contributed by atoms with Crippen LogP contribution in [0.15, 0.2) is 0 Å². The van der Waals surface area contributed by atoms with Crippen LogP contribution >= 0.6 is 0 Å². The Labute approximate surface area is 95.4 Å². The molecule has 0 aromatic rings. The summed E-state index contributed by atoms with van der Waals surface area (Å²) in [5.74, 6) is 0.964. The molecule has 2 atom stereocenters. The van der Waals surface area contributed by atoms with Crippen LogP contribution in [0.1, 0.15) is 46.5 Å². The fraction of sp³-hybridized carbons (Fsp3) is 1.00. The molecule has 1 saturated carbocycles. The van der Waals surface area contributed by atoms with E-state index < -0.39 is 0 Å². The molecular weight excluding hydrogens is 184 g/mol. The number of rotatable bonds is 6. The molecule has 0 radical (unpaired) electrons. The van der Waals surface area contributed by atoms with Crippen molar-refractivity contribution >= 4 is 0 Å². The van der Waals surface area contributed by atoms with Crippen LogP contribution in [0.2, 0.25) is 0 Å². The highest BCUT2D eigenvalue weighted by molar-refractivity contribution is 4.78. The SMILES string of the molecule is CCNC(C)C(C)N(C)CC1CCCC1. The van der Waals surface area contributed by atoms with Gasteiger partial charge in [0.15, 0.2) is 0 Å². The molecule has 0 aromatic carbocycles. The van der Waals surface area contributed by atoms with Gasteiger partial charge in [0, 0.05) is 18.6 Å². The zero-order valence-corrected chi connectivity index (χ0v) is 10.9. The van der Waals surface area contributed by atoms with Crippen molar-refractivity contribution in [1.82, 2.24) is 10.2 Å². The molecule has 0 saturated heterocycles. The molecule has 15 heavy (non-hydrogen) atoms. The van der Waals surface area contributed by atoms with Crippen molar-refractivity contribution in [3.8, 4) is 0 Å². The lowest BCUT2D eigenvalue weighted by Crippen LogP contribution is -2.46. The Kier molecular flexibility index (Phi) is 5.62. The van der Waals surface area contributed by atoms with E-state index in [0.29, 0.717) is 12.1 Å². The maximum Gasteiger partial charge on any atom is 0.0215 e. The highest BCUT2D eigenvalue weighted by Crippen LogP contribution is 2.25. The first-order valence-corrected chi connectivity index (χ1v) is 6.58. The van der Waals surface area contributed by atoms with Gasteiger partial charge in [0.05, 0.1) is 0 Å². The van der Waals surface area contributed by atoms with E-state index in [-0.39, 0.29) is 0 Å². The minimum absolute atomic E-state index is 0.599. The second kappa shape index (κ2) is 6.49. The van der Waals surface area contributed by atoms with Gasteiger partial charge in [-0.05, 0) is 46.2 Å². The van der Waals surface area contributed by atoms with Crippen LogP contribution in [-0.4, -0.2) is 37.1 Å². The summed E-state index contributed by atoms with van der Waals surface area (Å²) in [6.45, 7) is 9.17. The fourth-order valence-corrected chi connectivity index (χ4v) is 2.64. The third-order valence-electron chi connectivity index (χ3n) is 3.97. The highest BCUT2D eigenvalue weighted by Gasteiger charge is 2.21. The summed E-state index contributed by atoms with van der Waals surface area (Å²) in [6, 6.07) is 1.24. The molecule has 1 aliphatic carbocycles. The molecule has 90 valence electrons. The molecule has 1 N–H and O–H groups in total. The smallest absolute Gasteiger partial charge is 0.0215 e. The molecular formula is C13H28N2. The average Bonchev–Trinajstić information content (AvgIpc) is 2.69. The van der Waals surface area contributed by atoms with Gasteiger partial charge in [-0.3, -0.25) is 0 Å². The summed E-state index contributed by atoms with van der Waals surface area (Å²) in [6.07, 6.45) is 5.81. The van der Waals surface area contributed by atoms with E-state index in [1.54, 1.807) is 0 Å². The Hall–Kier alpha value is -0.0800. The first-order valence-electron chi connectivity index (χ1n) is 6.58. The minimum atomic E-state index is 0.599. The number of hydrogen-bond acceptors (Lipinski definition) is 2. The van der Waals surface area contributed by atoms with Crippen molar-refractivity contribution in [2.24, 2.45) is 5.92 Å². The van der Waals surface area contributed by atoms with Crippen LogP contribution in [0.3, 0.4) is 0 Å². The molecule has 1 fully saturated rings. The van der Waals surface area contributed by atoms with Gasteiger partial charge >= 0.3 is 0 Å². The Morgan fingerprint density at radius 2 is 1.87 bits per heavy atom. The number of hydrogen-bond donors (Lipinski definition) is 1. The summed E-state index contributed by atoms with van der Waals surface area (Å²) >= 11 is 0. The monoisotopic (exact) mass is 212 g/mol. The van der Waals surface area contributed by atoms with Crippen LogP contribution < -0.4 is 5.32 Å². The quantitative estimate of drug-likeness (QED) is 0.728. The Morgan fingerprint density at radius 1 is 1.27 bits per heavy atom. The zero-order chi connectivity index (χ0) is 11.3. The van der Waals surface area contributed by atoms with Crippen LogP contribution in [-0.2, 0) is 0 Å². The molecule has 2 nitrogen and oxygen atoms in total. The number of likely N-dealkylation sites (N-methyl/N-ethyl adjacent to an activating group) is 2. The number of nitrogens with zero attached hydrogens (tertiary/aromatic N) is 1. The Balaban J connectivity index is 2.27. The molecule has 0 bridgehead atoms. The van der Waals surface area contributed by atoms with Gasteiger partial charge in [-0.1, -0.05) is 19.8 Å². The first-order chi connectivity index (χ1) is 7.15. The summed E-state index contributed by atoms with van der Waals surface area (Å²) in [7, 11) is 2.27. The van der Waals surface area contributed by atoms with E-state index in [2.05, 4.69) is 38.0 Å². The van der Waals surface area contributed by atoms with Crippen LogP contribution in [0, 0.1) is 5.92 Å². The van der Waals surface area contributed by atoms with E-state index in [1.165, 1.54) is 32.2 Å². The van der Waals surface area contributed by atoms with Gasteiger partial charge in [-0.15, -0.1) is 0 Å². The Morgan fingerprint density at radius 3 is 2.40 bits per heavy atom. The van der Waals surface area contributed by atoms with Gasteiger partial charge in [0.2, 0.25) is 0 Å². The second-order valence-electron chi connectivity index (χ2n) is 5.18. The maximum absolute atomic E-state index is 3.51. The second-order valence-corrected chi connectivity index (χ2v) is 5.18. The van der Waals surface area contributed by atoms with Crippen molar-refractivity contribution < 1.29 is 0 Å². The lowest BCUT2D eigenvalue weighted by Gasteiger charge is -2.32. The van der Waals surface area contributed by atoms with Crippen molar-refractivity contribution in [1.29, 1.82) is 0 Å². The molecule has 0 heterocycles. The first kappa shape index (κ1) is 13.0. The zero-order valence-electron chi connectivity index (χ0n) is 10.9. The molecule has 0 aliphatic heterocycles. The van der Waals surface area contributed by atoms with E-state index in [4.69, 9.17) is 0 Å². The topological polar surface area (TPSA) is 15.3 Å². The molecule has 2 heteroatoms. The molecule has 0 aromatic heterocycles. The van der Waals surface area contributed by atoms with Crippen LogP contribution in [0.4, 0.5) is 0 Å². The molecule has 2 unspecified atom stereocenters. The largest absolute Gasteiger partial charge is 0.313 e. The molecule has 0 spiro atoms. The third-order valence-corrected chi connectivity index (χ3v) is 3.97. The lowest BCUT2D eigenvalue weighted by molar-refractivity contribution is 0.186. The van der Waals surface area contributed by atoms with Crippen LogP contribution in [0.25, 0.3) is 0 Å². The van der Waals surface area contributed by atoms with Crippen molar-refractivity contribution in [3.63, 3.8) is 0 Å². The predicted octanol–water partition coefficient (Wildman–Crippen LogP) is 2.49. The maximum atomic E-state index is 3.51. The summed E-state index contributed by atoms with van der Waals surface area (Å²) in [5, 5.41) is 3.51. The van der Waals surface area contributed by atoms with Gasteiger partial charge in [0.1, 0.15) is 0 Å². The molecule has 0 amide bonds. The molecule has 1 aliphatic rings. The third kappa shape index (κ3) is 4.12. The van der Waals surface area contributed by atoms with Crippen molar-refractivity contribution in [3.05, 3.63) is 0 Å². The van der Waals surface area contributed by atoms with E-state index >= 15 is 0 Å². The standard InChI is InChI=1S/C13H28N2/c1-5-14-11(2)12(3)15(4)10-13-8-6-7-9-13/h11-14H,5-10H2,1-4H3.